The molecular formula is C14H23ClN2O3. The highest BCUT2D eigenvalue weighted by Gasteiger charge is 2.07. The molecule has 0 spiro atoms. The SMILES string of the molecule is CCOc1ccc(NC(=O)CCCNC)cc1OC.Cl. The van der Waals surface area contributed by atoms with Crippen molar-refractivity contribution >= 4 is 24.0 Å². The Labute approximate surface area is 126 Å². The Bertz CT molecular complexity index is 413. The molecule has 0 aliphatic heterocycles. The van der Waals surface area contributed by atoms with Crippen LogP contribution in [-0.4, -0.2) is 33.2 Å². The van der Waals surface area contributed by atoms with Crippen molar-refractivity contribution in [2.45, 2.75) is 19.8 Å². The van der Waals surface area contributed by atoms with E-state index in [2.05, 4.69) is 10.6 Å². The minimum atomic E-state index is 0. The highest BCUT2D eigenvalue weighted by atomic mass is 35.5. The molecule has 1 aromatic rings. The van der Waals surface area contributed by atoms with E-state index in [1.165, 1.54) is 0 Å². The minimum Gasteiger partial charge on any atom is -0.493 e. The summed E-state index contributed by atoms with van der Waals surface area (Å²) in [7, 11) is 3.45. The van der Waals surface area contributed by atoms with Crippen molar-refractivity contribution in [3.63, 3.8) is 0 Å². The molecule has 0 saturated heterocycles. The Hall–Kier alpha value is -1.46. The predicted molar refractivity (Wildman–Crippen MR) is 83.2 cm³/mol. The lowest BCUT2D eigenvalue weighted by Crippen LogP contribution is -2.15. The van der Waals surface area contributed by atoms with E-state index in [9.17, 15) is 4.79 Å². The average molecular weight is 303 g/mol. The van der Waals surface area contributed by atoms with Gasteiger partial charge in [-0.05, 0) is 39.1 Å². The molecule has 20 heavy (non-hydrogen) atoms. The molecule has 2 N–H and O–H groups in total. The number of rotatable bonds is 8. The third-order valence-corrected chi connectivity index (χ3v) is 2.58. The van der Waals surface area contributed by atoms with Gasteiger partial charge in [-0.15, -0.1) is 12.4 Å². The highest BCUT2D eigenvalue weighted by molar-refractivity contribution is 5.91. The van der Waals surface area contributed by atoms with Gasteiger partial charge in [-0.25, -0.2) is 0 Å². The summed E-state index contributed by atoms with van der Waals surface area (Å²) in [5.74, 6) is 1.30. The molecule has 5 nitrogen and oxygen atoms in total. The number of methoxy groups -OCH3 is 1. The number of hydrogen-bond donors (Lipinski definition) is 2. The van der Waals surface area contributed by atoms with Crippen molar-refractivity contribution in [1.29, 1.82) is 0 Å². The average Bonchev–Trinajstić information content (AvgIpc) is 2.41. The molecule has 0 saturated carbocycles. The highest BCUT2D eigenvalue weighted by Crippen LogP contribution is 2.30. The van der Waals surface area contributed by atoms with E-state index in [0.717, 1.165) is 18.7 Å². The monoisotopic (exact) mass is 302 g/mol. The van der Waals surface area contributed by atoms with Gasteiger partial charge < -0.3 is 20.1 Å². The van der Waals surface area contributed by atoms with Crippen LogP contribution in [0.5, 0.6) is 11.5 Å². The molecule has 0 bridgehead atoms. The van der Waals surface area contributed by atoms with E-state index in [0.29, 0.717) is 24.5 Å². The zero-order valence-electron chi connectivity index (χ0n) is 12.2. The lowest BCUT2D eigenvalue weighted by molar-refractivity contribution is -0.116. The van der Waals surface area contributed by atoms with Gasteiger partial charge in [0, 0.05) is 18.2 Å². The van der Waals surface area contributed by atoms with E-state index >= 15 is 0 Å². The Morgan fingerprint density at radius 1 is 1.30 bits per heavy atom. The van der Waals surface area contributed by atoms with Crippen LogP contribution in [0.2, 0.25) is 0 Å². The van der Waals surface area contributed by atoms with E-state index in [1.54, 1.807) is 19.2 Å². The molecule has 0 fully saturated rings. The number of amides is 1. The maximum atomic E-state index is 11.7. The molecule has 114 valence electrons. The normalized spacial score (nSPS) is 9.55. The second kappa shape index (κ2) is 10.3. The van der Waals surface area contributed by atoms with Gasteiger partial charge in [0.2, 0.25) is 5.91 Å². The van der Waals surface area contributed by atoms with Crippen molar-refractivity contribution in [3.05, 3.63) is 18.2 Å². The molecule has 1 amide bonds. The summed E-state index contributed by atoms with van der Waals surface area (Å²) in [6, 6.07) is 5.37. The Balaban J connectivity index is 0.00000361. The van der Waals surface area contributed by atoms with E-state index in [-0.39, 0.29) is 18.3 Å². The fourth-order valence-electron chi connectivity index (χ4n) is 1.67. The summed E-state index contributed by atoms with van der Waals surface area (Å²) in [6.07, 6.45) is 1.31. The van der Waals surface area contributed by atoms with Crippen molar-refractivity contribution < 1.29 is 14.3 Å². The first-order valence-corrected chi connectivity index (χ1v) is 6.46. The molecule has 0 aliphatic carbocycles. The number of hydrogen-bond acceptors (Lipinski definition) is 4. The first-order valence-electron chi connectivity index (χ1n) is 6.46. The summed E-state index contributed by atoms with van der Waals surface area (Å²) in [6.45, 7) is 3.32. The van der Waals surface area contributed by atoms with E-state index in [1.807, 2.05) is 20.0 Å². The Morgan fingerprint density at radius 2 is 2.05 bits per heavy atom. The fraction of sp³-hybridized carbons (Fsp3) is 0.500. The molecule has 1 rings (SSSR count). The van der Waals surface area contributed by atoms with Crippen molar-refractivity contribution in [1.82, 2.24) is 5.32 Å². The van der Waals surface area contributed by atoms with Gasteiger partial charge in [0.05, 0.1) is 13.7 Å². The first kappa shape index (κ1) is 18.5. The van der Waals surface area contributed by atoms with Crippen molar-refractivity contribution in [3.8, 4) is 11.5 Å². The summed E-state index contributed by atoms with van der Waals surface area (Å²) in [5, 5.41) is 5.85. The lowest BCUT2D eigenvalue weighted by Gasteiger charge is -2.11. The van der Waals surface area contributed by atoms with Crippen LogP contribution in [0.25, 0.3) is 0 Å². The van der Waals surface area contributed by atoms with Gasteiger partial charge in [0.1, 0.15) is 0 Å². The minimum absolute atomic E-state index is 0. The predicted octanol–water partition coefficient (Wildman–Crippen LogP) is 2.45. The van der Waals surface area contributed by atoms with Crippen LogP contribution < -0.4 is 20.1 Å². The molecule has 0 unspecified atom stereocenters. The van der Waals surface area contributed by atoms with E-state index in [4.69, 9.17) is 9.47 Å². The number of anilines is 1. The number of carbonyl (C=O) groups is 1. The van der Waals surface area contributed by atoms with Gasteiger partial charge in [0.15, 0.2) is 11.5 Å². The maximum Gasteiger partial charge on any atom is 0.224 e. The van der Waals surface area contributed by atoms with Crippen LogP contribution >= 0.6 is 12.4 Å². The standard InChI is InChI=1S/C14H22N2O3.ClH/c1-4-19-12-8-7-11(10-13(12)18-3)16-14(17)6-5-9-15-2;/h7-8,10,15H,4-6,9H2,1-3H3,(H,16,17);1H. The van der Waals surface area contributed by atoms with Gasteiger partial charge in [-0.1, -0.05) is 0 Å². The van der Waals surface area contributed by atoms with Crippen LogP contribution in [0.3, 0.4) is 0 Å². The van der Waals surface area contributed by atoms with Gasteiger partial charge in [-0.3, -0.25) is 4.79 Å². The Morgan fingerprint density at radius 3 is 2.65 bits per heavy atom. The van der Waals surface area contributed by atoms with Gasteiger partial charge >= 0.3 is 0 Å². The summed E-state index contributed by atoms with van der Waals surface area (Å²) < 4.78 is 10.7. The molecule has 1 aromatic carbocycles. The fourth-order valence-corrected chi connectivity index (χ4v) is 1.67. The second-order valence-electron chi connectivity index (χ2n) is 4.05. The Kier molecular flexibility index (Phi) is 9.59. The zero-order chi connectivity index (χ0) is 14.1. The third-order valence-electron chi connectivity index (χ3n) is 2.58. The molecule has 0 aliphatic rings. The lowest BCUT2D eigenvalue weighted by atomic mass is 10.2. The summed E-state index contributed by atoms with van der Waals surface area (Å²) in [4.78, 5) is 11.7. The quantitative estimate of drug-likeness (QED) is 0.724. The number of nitrogens with one attached hydrogen (secondary N) is 2. The summed E-state index contributed by atoms with van der Waals surface area (Å²) in [5.41, 5.74) is 0.717. The van der Waals surface area contributed by atoms with Crippen molar-refractivity contribution in [2.24, 2.45) is 0 Å². The smallest absolute Gasteiger partial charge is 0.224 e. The molecule has 0 radical (unpaired) electrons. The number of halogens is 1. The summed E-state index contributed by atoms with van der Waals surface area (Å²) >= 11 is 0. The topological polar surface area (TPSA) is 59.6 Å². The molecule has 0 atom stereocenters. The van der Waals surface area contributed by atoms with Crippen LogP contribution in [0.15, 0.2) is 18.2 Å². The van der Waals surface area contributed by atoms with Crippen LogP contribution in [0.1, 0.15) is 19.8 Å². The van der Waals surface area contributed by atoms with Crippen LogP contribution in [0, 0.1) is 0 Å². The molecular weight excluding hydrogens is 280 g/mol. The van der Waals surface area contributed by atoms with Gasteiger partial charge in [0.25, 0.3) is 0 Å². The number of benzene rings is 1. The molecule has 0 aromatic heterocycles. The molecule has 6 heteroatoms. The largest absolute Gasteiger partial charge is 0.493 e. The number of ether oxygens (including phenoxy) is 2. The third kappa shape index (κ3) is 6.12. The second-order valence-corrected chi connectivity index (χ2v) is 4.05. The van der Waals surface area contributed by atoms with E-state index < -0.39 is 0 Å². The molecule has 0 heterocycles. The van der Waals surface area contributed by atoms with Crippen LogP contribution in [-0.2, 0) is 4.79 Å². The number of carbonyl (C=O) groups excluding carboxylic acids is 1. The van der Waals surface area contributed by atoms with Crippen LogP contribution in [0.4, 0.5) is 5.69 Å². The maximum absolute atomic E-state index is 11.7. The van der Waals surface area contributed by atoms with Gasteiger partial charge in [-0.2, -0.15) is 0 Å². The van der Waals surface area contributed by atoms with Crippen molar-refractivity contribution in [2.75, 3.05) is 32.6 Å². The first-order chi connectivity index (χ1) is 9.21. The zero-order valence-corrected chi connectivity index (χ0v) is 13.0.